The molecule has 0 aliphatic heterocycles. The van der Waals surface area contributed by atoms with Gasteiger partial charge in [-0.3, -0.25) is 10.1 Å². The minimum atomic E-state index is -4.70. The second-order valence-corrected chi connectivity index (χ2v) is 8.39. The summed E-state index contributed by atoms with van der Waals surface area (Å²) in [5, 5.41) is 13.9. The third kappa shape index (κ3) is 6.43. The maximum atomic E-state index is 12.8. The van der Waals surface area contributed by atoms with Gasteiger partial charge in [0.15, 0.2) is 0 Å². The Bertz CT molecular complexity index is 992. The van der Waals surface area contributed by atoms with Crippen LogP contribution in [0.25, 0.3) is 0 Å². The van der Waals surface area contributed by atoms with Gasteiger partial charge in [-0.1, -0.05) is 24.3 Å². The summed E-state index contributed by atoms with van der Waals surface area (Å²) in [7, 11) is -3.59. The van der Waals surface area contributed by atoms with Gasteiger partial charge >= 0.3 is 6.18 Å². The van der Waals surface area contributed by atoms with Gasteiger partial charge in [0.1, 0.15) is 5.69 Å². The molecule has 0 aliphatic carbocycles. The van der Waals surface area contributed by atoms with Crippen LogP contribution in [0.1, 0.15) is 30.5 Å². The second kappa shape index (κ2) is 8.78. The van der Waals surface area contributed by atoms with Crippen molar-refractivity contribution in [2.45, 2.75) is 38.4 Å². The van der Waals surface area contributed by atoms with E-state index in [-0.39, 0.29) is 24.0 Å². The smallest absolute Gasteiger partial charge is 0.375 e. The van der Waals surface area contributed by atoms with E-state index in [9.17, 15) is 31.7 Å². The highest BCUT2D eigenvalue weighted by Gasteiger charge is 2.33. The number of sulfonamides is 1. The minimum Gasteiger partial charge on any atom is -0.375 e. The van der Waals surface area contributed by atoms with E-state index in [4.69, 9.17) is 0 Å². The van der Waals surface area contributed by atoms with E-state index in [1.54, 1.807) is 38.1 Å². The summed E-state index contributed by atoms with van der Waals surface area (Å²) in [6.45, 7) is 3.38. The van der Waals surface area contributed by atoms with Crippen molar-refractivity contribution in [2.24, 2.45) is 0 Å². The highest BCUT2D eigenvalue weighted by atomic mass is 32.2. The van der Waals surface area contributed by atoms with Crippen LogP contribution in [0.3, 0.4) is 0 Å². The van der Waals surface area contributed by atoms with Crippen molar-refractivity contribution in [3.63, 3.8) is 0 Å². The third-order valence-electron chi connectivity index (χ3n) is 3.87. The Morgan fingerprint density at radius 1 is 1.10 bits per heavy atom. The van der Waals surface area contributed by atoms with Crippen LogP contribution in [0, 0.1) is 10.1 Å². The number of nitro groups is 1. The van der Waals surface area contributed by atoms with Crippen LogP contribution in [0.15, 0.2) is 42.5 Å². The number of alkyl halides is 3. The summed E-state index contributed by atoms with van der Waals surface area (Å²) in [5.74, 6) is -0.294. The number of hydrogen-bond donors (Lipinski definition) is 2. The molecule has 2 N–H and O–H groups in total. The topological polar surface area (TPSA) is 101 Å². The molecule has 0 fully saturated rings. The number of benzene rings is 2. The lowest BCUT2D eigenvalue weighted by atomic mass is 10.1. The first kappa shape index (κ1) is 22.6. The number of nitro benzene ring substituents is 1. The molecule has 0 unspecified atom stereocenters. The predicted octanol–water partition coefficient (Wildman–Crippen LogP) is 4.05. The monoisotopic (exact) mass is 431 g/mol. The van der Waals surface area contributed by atoms with Gasteiger partial charge < -0.3 is 5.32 Å². The molecular formula is C18H20F3N3O4S. The minimum absolute atomic E-state index is 0.000420. The van der Waals surface area contributed by atoms with E-state index in [1.165, 1.54) is 0 Å². The van der Waals surface area contributed by atoms with Gasteiger partial charge in [0, 0.05) is 18.7 Å². The molecule has 2 aromatic carbocycles. The Morgan fingerprint density at radius 2 is 1.72 bits per heavy atom. The largest absolute Gasteiger partial charge is 0.416 e. The third-order valence-corrected chi connectivity index (χ3v) is 5.39. The molecule has 0 amide bonds. The van der Waals surface area contributed by atoms with Crippen LogP contribution >= 0.6 is 0 Å². The first-order valence-electron chi connectivity index (χ1n) is 8.55. The van der Waals surface area contributed by atoms with Crippen molar-refractivity contribution in [2.75, 3.05) is 5.32 Å². The average Bonchev–Trinajstić information content (AvgIpc) is 2.58. The molecule has 7 nitrogen and oxygen atoms in total. The number of anilines is 1. The van der Waals surface area contributed by atoms with Crippen LogP contribution in [0.5, 0.6) is 0 Å². The second-order valence-electron chi connectivity index (χ2n) is 6.64. The normalized spacial score (nSPS) is 12.2. The van der Waals surface area contributed by atoms with Gasteiger partial charge in [-0.25, -0.2) is 13.1 Å². The number of rotatable bonds is 8. The quantitative estimate of drug-likeness (QED) is 0.485. The molecule has 0 atom stereocenters. The zero-order valence-electron chi connectivity index (χ0n) is 15.7. The number of hydrogen-bond acceptors (Lipinski definition) is 5. The highest BCUT2D eigenvalue weighted by molar-refractivity contribution is 7.88. The molecule has 0 bridgehead atoms. The molecule has 29 heavy (non-hydrogen) atoms. The SMILES string of the molecule is CC(C)NS(=O)(=O)Cc1ccccc1CNc1ccc(C(F)(F)F)cc1[N+](=O)[O-]. The van der Waals surface area contributed by atoms with Gasteiger partial charge in [0.2, 0.25) is 10.0 Å². The molecule has 0 radical (unpaired) electrons. The lowest BCUT2D eigenvalue weighted by Gasteiger charge is -2.14. The summed E-state index contributed by atoms with van der Waals surface area (Å²) in [6, 6.07) is 8.50. The van der Waals surface area contributed by atoms with Crippen LogP contribution < -0.4 is 10.0 Å². The van der Waals surface area contributed by atoms with Crippen LogP contribution in [-0.4, -0.2) is 19.4 Å². The fourth-order valence-electron chi connectivity index (χ4n) is 2.68. The van der Waals surface area contributed by atoms with Crippen molar-refractivity contribution in [1.29, 1.82) is 0 Å². The molecule has 0 saturated carbocycles. The molecule has 2 rings (SSSR count). The van der Waals surface area contributed by atoms with Gasteiger partial charge in [-0.15, -0.1) is 0 Å². The predicted molar refractivity (Wildman–Crippen MR) is 103 cm³/mol. The van der Waals surface area contributed by atoms with Gasteiger partial charge in [-0.2, -0.15) is 13.2 Å². The van der Waals surface area contributed by atoms with E-state index in [2.05, 4.69) is 10.0 Å². The van der Waals surface area contributed by atoms with Gasteiger partial charge in [0.25, 0.3) is 5.69 Å². The Labute approximate surface area is 166 Å². The van der Waals surface area contributed by atoms with Gasteiger partial charge in [-0.05, 0) is 37.1 Å². The van der Waals surface area contributed by atoms with E-state index < -0.39 is 32.4 Å². The highest BCUT2D eigenvalue weighted by Crippen LogP contribution is 2.35. The molecule has 0 aromatic heterocycles. The summed E-state index contributed by atoms with van der Waals surface area (Å²) < 4.78 is 65.3. The molecule has 0 heterocycles. The van der Waals surface area contributed by atoms with Crippen molar-refractivity contribution in [3.05, 3.63) is 69.3 Å². The molecule has 0 aliphatic rings. The van der Waals surface area contributed by atoms with Crippen LogP contribution in [0.4, 0.5) is 24.5 Å². The Hall–Kier alpha value is -2.66. The van der Waals surface area contributed by atoms with Crippen LogP contribution in [0.2, 0.25) is 0 Å². The maximum Gasteiger partial charge on any atom is 0.416 e. The summed E-state index contributed by atoms with van der Waals surface area (Å²) in [4.78, 5) is 10.3. The standard InChI is InChI=1S/C18H20F3N3O4S/c1-12(2)23-29(27,28)11-14-6-4-3-5-13(14)10-22-16-8-7-15(18(19,20)21)9-17(16)24(25)26/h3-9,12,22-23H,10-11H2,1-2H3. The fourth-order valence-corrected chi connectivity index (χ4v) is 4.17. The summed E-state index contributed by atoms with van der Waals surface area (Å²) >= 11 is 0. The first-order valence-corrected chi connectivity index (χ1v) is 10.2. The molecule has 158 valence electrons. The Balaban J connectivity index is 2.26. The fraction of sp³-hybridized carbons (Fsp3) is 0.333. The number of nitrogens with zero attached hydrogens (tertiary/aromatic N) is 1. The lowest BCUT2D eigenvalue weighted by molar-refractivity contribution is -0.384. The average molecular weight is 431 g/mol. The van der Waals surface area contributed by atoms with Crippen molar-refractivity contribution in [3.8, 4) is 0 Å². The maximum absolute atomic E-state index is 12.8. The number of halogens is 3. The van der Waals surface area contributed by atoms with Crippen molar-refractivity contribution < 1.29 is 26.5 Å². The Morgan fingerprint density at radius 3 is 2.28 bits per heavy atom. The lowest BCUT2D eigenvalue weighted by Crippen LogP contribution is -2.31. The van der Waals surface area contributed by atoms with Crippen LogP contribution in [-0.2, 0) is 28.5 Å². The summed E-state index contributed by atoms with van der Waals surface area (Å²) in [6.07, 6.45) is -4.70. The Kier molecular flexibility index (Phi) is 6.85. The molecule has 11 heteroatoms. The van der Waals surface area contributed by atoms with Crippen molar-refractivity contribution in [1.82, 2.24) is 4.72 Å². The van der Waals surface area contributed by atoms with Crippen molar-refractivity contribution >= 4 is 21.4 Å². The van der Waals surface area contributed by atoms with E-state index in [0.29, 0.717) is 17.2 Å². The molecule has 2 aromatic rings. The number of nitrogens with one attached hydrogen (secondary N) is 2. The zero-order valence-corrected chi connectivity index (χ0v) is 16.5. The molecule has 0 saturated heterocycles. The first-order chi connectivity index (χ1) is 13.4. The molecule has 0 spiro atoms. The van der Waals surface area contributed by atoms with E-state index in [0.717, 1.165) is 12.1 Å². The zero-order chi connectivity index (χ0) is 21.8. The van der Waals surface area contributed by atoms with Gasteiger partial charge in [0.05, 0.1) is 16.2 Å². The van der Waals surface area contributed by atoms with E-state index >= 15 is 0 Å². The molecular weight excluding hydrogens is 411 g/mol. The van der Waals surface area contributed by atoms with E-state index in [1.807, 2.05) is 0 Å². The summed E-state index contributed by atoms with van der Waals surface area (Å²) in [5.41, 5.74) is -0.910.